The van der Waals surface area contributed by atoms with E-state index >= 15 is 0 Å². The van der Waals surface area contributed by atoms with Gasteiger partial charge in [-0.1, -0.05) is 50.6 Å². The topological polar surface area (TPSA) is 212 Å². The predicted octanol–water partition coefficient (Wildman–Crippen LogP) is 1.32. The van der Waals surface area contributed by atoms with Gasteiger partial charge in [-0.3, -0.25) is 4.79 Å². The molecular formula is C37H53AcNO12. The van der Waals surface area contributed by atoms with Gasteiger partial charge in [-0.15, -0.1) is 0 Å². The number of amides is 1. The number of ether oxygens (including phenoxy) is 3. The Balaban J connectivity index is 0.00000702. The van der Waals surface area contributed by atoms with Crippen molar-refractivity contribution in [1.29, 1.82) is 0 Å². The standard InChI is InChI=1S/C37H53NO12.Ac/c1-18(2)14-24(38-22(6)40)31(43)34(45)49-26-16-37(47,35(7,8)28(20(26)4)30(42)21(5)39)32(50-33(44)23-12-10-9-11-13-23)29-19(3)25(41)15-27-36(29,46)17-48-27;/h9-14,19,21,24-27,29-32,39,41-43,46-47H,15-17H2,1-8H3,(H,38,40);/t19-,21?,24?,25?,26?,27?,29?,30?,31?,32?,36-,37?;/m0./s1. The molecule has 14 heteroatoms. The van der Waals surface area contributed by atoms with Gasteiger partial charge in [0.25, 0.3) is 0 Å². The van der Waals surface area contributed by atoms with Gasteiger partial charge in [0.05, 0.1) is 36.5 Å². The van der Waals surface area contributed by atoms with E-state index in [9.17, 15) is 45.0 Å². The smallest absolute Gasteiger partial charge is 0.338 e. The van der Waals surface area contributed by atoms with Crippen LogP contribution < -0.4 is 5.32 Å². The molecule has 12 atom stereocenters. The Labute approximate surface area is 335 Å². The van der Waals surface area contributed by atoms with Crippen LogP contribution in [0, 0.1) is 61.3 Å². The molecule has 1 radical (unpaired) electrons. The van der Waals surface area contributed by atoms with Crippen molar-refractivity contribution in [3.8, 4) is 0 Å². The number of aliphatic hydroxyl groups excluding tert-OH is 4. The first-order valence-corrected chi connectivity index (χ1v) is 17.1. The van der Waals surface area contributed by atoms with Crippen LogP contribution in [0.15, 0.2) is 53.1 Å². The fraction of sp³-hybridized carbons (Fsp3) is 0.649. The van der Waals surface area contributed by atoms with E-state index in [2.05, 4.69) is 5.32 Å². The molecule has 0 spiro atoms. The van der Waals surface area contributed by atoms with Gasteiger partial charge in [-0.25, -0.2) is 9.59 Å². The summed E-state index contributed by atoms with van der Waals surface area (Å²) in [5, 5.41) is 72.1. The zero-order chi connectivity index (χ0) is 37.5. The number of carbonyl (C=O) groups excluding carboxylic acids is 3. The van der Waals surface area contributed by atoms with Crippen molar-refractivity contribution in [3.63, 3.8) is 0 Å². The van der Waals surface area contributed by atoms with Crippen LogP contribution in [0.3, 0.4) is 0 Å². The summed E-state index contributed by atoms with van der Waals surface area (Å²) < 4.78 is 17.7. The van der Waals surface area contributed by atoms with E-state index in [1.165, 1.54) is 32.1 Å². The van der Waals surface area contributed by atoms with Crippen molar-refractivity contribution in [2.75, 3.05) is 6.61 Å². The average Bonchev–Trinajstić information content (AvgIpc) is 3.03. The number of nitrogens with one attached hydrogen (secondary N) is 1. The van der Waals surface area contributed by atoms with Gasteiger partial charge >= 0.3 is 11.9 Å². The van der Waals surface area contributed by atoms with E-state index in [-0.39, 0.29) is 73.8 Å². The number of benzene rings is 1. The Morgan fingerprint density at radius 3 is 2.18 bits per heavy atom. The van der Waals surface area contributed by atoms with Crippen LogP contribution in [0.1, 0.15) is 78.6 Å². The molecule has 7 N–H and O–H groups in total. The summed E-state index contributed by atoms with van der Waals surface area (Å²) >= 11 is 0. The minimum absolute atomic E-state index is 0. The summed E-state index contributed by atoms with van der Waals surface area (Å²) in [5.74, 6) is -4.34. The number of hydrogen-bond donors (Lipinski definition) is 7. The first-order chi connectivity index (χ1) is 23.2. The van der Waals surface area contributed by atoms with Crippen LogP contribution >= 0.6 is 0 Å². The van der Waals surface area contributed by atoms with E-state index in [0.717, 1.165) is 0 Å². The maximum atomic E-state index is 13.8. The minimum atomic E-state index is -2.25. The molecule has 1 saturated heterocycles. The molecule has 281 valence electrons. The van der Waals surface area contributed by atoms with Crippen molar-refractivity contribution in [1.82, 2.24) is 5.32 Å². The van der Waals surface area contributed by atoms with Crippen LogP contribution in [-0.4, -0.2) is 115 Å². The summed E-state index contributed by atoms with van der Waals surface area (Å²) in [4.78, 5) is 39.3. The van der Waals surface area contributed by atoms with Crippen molar-refractivity contribution in [2.24, 2.45) is 17.3 Å². The van der Waals surface area contributed by atoms with E-state index in [4.69, 9.17) is 14.2 Å². The molecular weight excluding hydrogens is 877 g/mol. The number of fused-ring (bicyclic) bond motifs is 1. The largest absolute Gasteiger partial charge is 0.456 e. The molecule has 2 fully saturated rings. The Kier molecular flexibility index (Phi) is 14.3. The maximum absolute atomic E-state index is 13.8. The second-order valence-corrected chi connectivity index (χ2v) is 15.0. The zero-order valence-corrected chi connectivity index (χ0v) is 35.3. The number of aliphatic hydroxyl groups is 6. The third-order valence-electron chi connectivity index (χ3n) is 11.0. The van der Waals surface area contributed by atoms with Crippen molar-refractivity contribution < 1.29 is 103 Å². The molecule has 1 saturated carbocycles. The summed E-state index contributed by atoms with van der Waals surface area (Å²) in [7, 11) is 0. The Bertz CT molecular complexity index is 1490. The van der Waals surface area contributed by atoms with Gasteiger partial charge < -0.3 is 50.2 Å². The van der Waals surface area contributed by atoms with Crippen LogP contribution in [0.2, 0.25) is 0 Å². The maximum Gasteiger partial charge on any atom is 0.338 e. The first kappa shape index (κ1) is 43.7. The van der Waals surface area contributed by atoms with E-state index in [0.29, 0.717) is 5.57 Å². The van der Waals surface area contributed by atoms with Gasteiger partial charge in [0, 0.05) is 75.2 Å². The molecule has 0 bridgehead atoms. The molecule has 1 amide bonds. The van der Waals surface area contributed by atoms with Crippen molar-refractivity contribution in [3.05, 3.63) is 58.7 Å². The van der Waals surface area contributed by atoms with Gasteiger partial charge in [0.15, 0.2) is 6.10 Å². The number of carbonyl (C=O) groups is 3. The molecule has 10 unspecified atom stereocenters. The zero-order valence-electron chi connectivity index (χ0n) is 30.6. The molecule has 4 rings (SSSR count). The Morgan fingerprint density at radius 2 is 1.67 bits per heavy atom. The molecule has 1 aliphatic heterocycles. The molecule has 51 heavy (non-hydrogen) atoms. The summed E-state index contributed by atoms with van der Waals surface area (Å²) in [6, 6.07) is 6.88. The number of rotatable bonds is 11. The normalized spacial score (nSPS) is 32.7. The second-order valence-electron chi connectivity index (χ2n) is 15.0. The summed E-state index contributed by atoms with van der Waals surface area (Å²) in [6.45, 7) is 12.3. The average molecular weight is 931 g/mol. The summed E-state index contributed by atoms with van der Waals surface area (Å²) in [6.07, 6.45) is -8.45. The van der Waals surface area contributed by atoms with E-state index in [1.54, 1.807) is 59.7 Å². The quantitative estimate of drug-likeness (QED) is 0.124. The minimum Gasteiger partial charge on any atom is -0.456 e. The fourth-order valence-corrected chi connectivity index (χ4v) is 8.05. The SMILES string of the molecule is CC(=O)NC(C=C(C)C)C(O)C(=O)OC1CC(O)(C(OC(=O)c2ccccc2)C2[C@@H](C)C(O)CC3OC[C@]32O)C(C)(C)C(C(O)C(C)O)=C1C.[Ac]. The number of allylic oxidation sites excluding steroid dienone is 1. The van der Waals surface area contributed by atoms with Gasteiger partial charge in [-0.2, -0.15) is 0 Å². The van der Waals surface area contributed by atoms with E-state index in [1.807, 2.05) is 0 Å². The van der Waals surface area contributed by atoms with Gasteiger partial charge in [0.2, 0.25) is 5.91 Å². The molecule has 1 aromatic carbocycles. The summed E-state index contributed by atoms with van der Waals surface area (Å²) in [5.41, 5.74) is -4.20. The molecule has 1 heterocycles. The molecule has 2 aliphatic carbocycles. The fourth-order valence-electron chi connectivity index (χ4n) is 8.05. The Hall–Kier alpha value is -1.73. The van der Waals surface area contributed by atoms with Crippen LogP contribution in [-0.2, 0) is 23.8 Å². The molecule has 13 nitrogen and oxygen atoms in total. The predicted molar refractivity (Wildman–Crippen MR) is 180 cm³/mol. The Morgan fingerprint density at radius 1 is 1.06 bits per heavy atom. The number of esters is 2. The van der Waals surface area contributed by atoms with Crippen molar-refractivity contribution in [2.45, 2.75) is 128 Å². The second kappa shape index (κ2) is 16.7. The van der Waals surface area contributed by atoms with Crippen molar-refractivity contribution >= 4 is 17.8 Å². The van der Waals surface area contributed by atoms with E-state index < -0.39 is 101 Å². The van der Waals surface area contributed by atoms with Gasteiger partial charge in [0.1, 0.15) is 29.5 Å². The monoisotopic (exact) mass is 930 g/mol. The van der Waals surface area contributed by atoms with Crippen LogP contribution in [0.4, 0.5) is 0 Å². The molecule has 3 aliphatic rings. The first-order valence-electron chi connectivity index (χ1n) is 17.1. The third kappa shape index (κ3) is 8.50. The third-order valence-corrected chi connectivity index (χ3v) is 11.0. The molecule has 0 aromatic heterocycles. The van der Waals surface area contributed by atoms with Gasteiger partial charge in [-0.05, 0) is 56.9 Å². The molecule has 1 aromatic rings. The van der Waals surface area contributed by atoms with Crippen LogP contribution in [0.25, 0.3) is 0 Å². The number of hydrogen-bond acceptors (Lipinski definition) is 12. The van der Waals surface area contributed by atoms with Crippen LogP contribution in [0.5, 0.6) is 0 Å².